The van der Waals surface area contributed by atoms with Crippen molar-refractivity contribution in [2.75, 3.05) is 22.1 Å². The first-order valence-electron chi connectivity index (χ1n) is 14.7. The SMILES string of the molecule is CCCS(=O)(=O)C(C)(C)C(=O)Nc1cc(-c2cccs2)nn1C.CCCS(=O)(=O)C(C)(C)C(=O)Nc1cc(C(C)(C)C)nn1C. The van der Waals surface area contributed by atoms with E-state index < -0.39 is 41.0 Å². The normalized spacial score (nSPS) is 12.8. The predicted molar refractivity (Wildman–Crippen MR) is 182 cm³/mol. The van der Waals surface area contributed by atoms with Crippen molar-refractivity contribution in [3.63, 3.8) is 0 Å². The van der Waals surface area contributed by atoms with Crippen LogP contribution in [0.25, 0.3) is 10.6 Å². The number of amides is 2. The fourth-order valence-electron chi connectivity index (χ4n) is 3.94. The summed E-state index contributed by atoms with van der Waals surface area (Å²) in [6.45, 7) is 15.4. The molecule has 3 aromatic rings. The van der Waals surface area contributed by atoms with Crippen molar-refractivity contribution >= 4 is 54.5 Å². The highest BCUT2D eigenvalue weighted by Gasteiger charge is 2.42. The van der Waals surface area contributed by atoms with Gasteiger partial charge in [-0.1, -0.05) is 40.7 Å². The molecule has 0 bridgehead atoms. The molecule has 2 N–H and O–H groups in total. The molecule has 3 heterocycles. The van der Waals surface area contributed by atoms with E-state index >= 15 is 0 Å². The van der Waals surface area contributed by atoms with Crippen molar-refractivity contribution in [1.82, 2.24) is 19.6 Å². The van der Waals surface area contributed by atoms with Crippen LogP contribution in [0.5, 0.6) is 0 Å². The second kappa shape index (κ2) is 14.2. The van der Waals surface area contributed by atoms with Gasteiger partial charge in [0.1, 0.15) is 26.8 Å². The van der Waals surface area contributed by atoms with Crippen LogP contribution in [0, 0.1) is 0 Å². The number of sulfone groups is 2. The number of anilines is 2. The van der Waals surface area contributed by atoms with Gasteiger partial charge in [-0.05, 0) is 52.0 Å². The van der Waals surface area contributed by atoms with Gasteiger partial charge in [0.25, 0.3) is 0 Å². The van der Waals surface area contributed by atoms with Crippen LogP contribution < -0.4 is 10.6 Å². The van der Waals surface area contributed by atoms with Crippen molar-refractivity contribution < 1.29 is 26.4 Å². The number of thiophene rings is 1. The highest BCUT2D eigenvalue weighted by atomic mass is 32.2. The minimum absolute atomic E-state index is 0.00789. The maximum Gasteiger partial charge on any atom is 0.246 e. The number of rotatable bonds is 11. The molecule has 45 heavy (non-hydrogen) atoms. The zero-order valence-corrected chi connectivity index (χ0v) is 30.6. The molecule has 0 aliphatic carbocycles. The molecule has 0 aliphatic heterocycles. The second-order valence-corrected chi connectivity index (χ2v) is 19.1. The Labute approximate surface area is 271 Å². The Kier molecular flexibility index (Phi) is 12.0. The van der Waals surface area contributed by atoms with Crippen molar-refractivity contribution in [2.45, 2.75) is 90.1 Å². The molecule has 0 aromatic carbocycles. The van der Waals surface area contributed by atoms with Crippen molar-refractivity contribution in [3.8, 4) is 10.6 Å². The van der Waals surface area contributed by atoms with Gasteiger partial charge in [0.05, 0.1) is 22.1 Å². The Bertz CT molecular complexity index is 1690. The summed E-state index contributed by atoms with van der Waals surface area (Å²) in [7, 11) is -3.59. The fraction of sp³-hybridized carbons (Fsp3) is 0.600. The molecule has 3 rings (SSSR count). The first kappa shape index (κ1) is 38.1. The first-order chi connectivity index (χ1) is 20.5. The molecule has 3 aromatic heterocycles. The number of carbonyl (C=O) groups is 2. The summed E-state index contributed by atoms with van der Waals surface area (Å²) in [5, 5.41) is 16.0. The van der Waals surface area contributed by atoms with E-state index in [9.17, 15) is 26.4 Å². The first-order valence-corrected chi connectivity index (χ1v) is 18.9. The van der Waals surface area contributed by atoms with Crippen molar-refractivity contribution in [3.05, 3.63) is 35.3 Å². The number of aromatic nitrogens is 4. The van der Waals surface area contributed by atoms with E-state index in [1.807, 2.05) is 38.3 Å². The highest BCUT2D eigenvalue weighted by molar-refractivity contribution is 7.93. The average molecular weight is 685 g/mol. The molecule has 15 heteroatoms. The lowest BCUT2D eigenvalue weighted by Gasteiger charge is -2.23. The van der Waals surface area contributed by atoms with Crippen LogP contribution in [-0.2, 0) is 48.8 Å². The van der Waals surface area contributed by atoms with Gasteiger partial charge in [0.15, 0.2) is 19.7 Å². The molecule has 0 atom stereocenters. The van der Waals surface area contributed by atoms with E-state index in [-0.39, 0.29) is 16.9 Å². The topological polar surface area (TPSA) is 162 Å². The summed E-state index contributed by atoms with van der Waals surface area (Å²) in [5.74, 6) is -0.144. The Balaban J connectivity index is 0.000000314. The highest BCUT2D eigenvalue weighted by Crippen LogP contribution is 2.28. The van der Waals surface area contributed by atoms with Gasteiger partial charge in [0.2, 0.25) is 11.8 Å². The molecule has 2 amide bonds. The van der Waals surface area contributed by atoms with Crippen molar-refractivity contribution in [2.24, 2.45) is 14.1 Å². The number of hydrogen-bond donors (Lipinski definition) is 2. The Morgan fingerprint density at radius 1 is 0.778 bits per heavy atom. The summed E-state index contributed by atoms with van der Waals surface area (Å²) < 4.78 is 49.2. The monoisotopic (exact) mass is 684 g/mol. The zero-order chi connectivity index (χ0) is 34.6. The lowest BCUT2D eigenvalue weighted by Crippen LogP contribution is -2.45. The third kappa shape index (κ3) is 8.82. The molecule has 0 spiro atoms. The smallest absolute Gasteiger partial charge is 0.246 e. The Morgan fingerprint density at radius 3 is 1.60 bits per heavy atom. The van der Waals surface area contributed by atoms with E-state index in [0.717, 1.165) is 16.3 Å². The summed E-state index contributed by atoms with van der Waals surface area (Å²) >= 11 is 1.55. The Hall–Kier alpha value is -3.04. The van der Waals surface area contributed by atoms with Gasteiger partial charge in [0, 0.05) is 31.6 Å². The van der Waals surface area contributed by atoms with Crippen LogP contribution in [0.2, 0.25) is 0 Å². The van der Waals surface area contributed by atoms with Gasteiger partial charge in [-0.15, -0.1) is 11.3 Å². The molecule has 0 saturated carbocycles. The van der Waals surface area contributed by atoms with Crippen LogP contribution in [0.3, 0.4) is 0 Å². The number of carbonyl (C=O) groups excluding carboxylic acids is 2. The molecule has 252 valence electrons. The van der Waals surface area contributed by atoms with Gasteiger partial charge in [-0.25, -0.2) is 16.8 Å². The number of nitrogens with zero attached hydrogens (tertiary/aromatic N) is 4. The maximum atomic E-state index is 12.5. The minimum Gasteiger partial charge on any atom is -0.310 e. The van der Waals surface area contributed by atoms with E-state index in [2.05, 4.69) is 20.8 Å². The van der Waals surface area contributed by atoms with E-state index in [1.165, 1.54) is 32.4 Å². The van der Waals surface area contributed by atoms with Crippen LogP contribution in [0.15, 0.2) is 29.6 Å². The molecule has 0 radical (unpaired) electrons. The number of aryl methyl sites for hydroxylation is 2. The lowest BCUT2D eigenvalue weighted by atomic mass is 9.92. The van der Waals surface area contributed by atoms with Crippen molar-refractivity contribution in [1.29, 1.82) is 0 Å². The third-order valence-electron chi connectivity index (χ3n) is 7.38. The maximum absolute atomic E-state index is 12.5. The predicted octanol–water partition coefficient (Wildman–Crippen LogP) is 4.95. The van der Waals surface area contributed by atoms with Crippen LogP contribution in [0.4, 0.5) is 11.6 Å². The van der Waals surface area contributed by atoms with Gasteiger partial charge in [-0.2, -0.15) is 10.2 Å². The van der Waals surface area contributed by atoms with Crippen LogP contribution in [-0.4, -0.2) is 69.2 Å². The second-order valence-electron chi connectivity index (χ2n) is 12.9. The summed E-state index contributed by atoms with van der Waals surface area (Å²) in [4.78, 5) is 25.9. The molecule has 0 fully saturated rings. The molecule has 0 unspecified atom stereocenters. The number of nitrogens with one attached hydrogen (secondary N) is 2. The summed E-state index contributed by atoms with van der Waals surface area (Å²) in [5.41, 5.74) is 1.43. The van der Waals surface area contributed by atoms with E-state index in [0.29, 0.717) is 24.5 Å². The van der Waals surface area contributed by atoms with Crippen LogP contribution >= 0.6 is 11.3 Å². The Morgan fingerprint density at radius 2 is 1.22 bits per heavy atom. The van der Waals surface area contributed by atoms with Gasteiger partial charge in [-0.3, -0.25) is 19.0 Å². The molecular formula is C30H48N6O6S3. The molecule has 0 aliphatic rings. The zero-order valence-electron chi connectivity index (χ0n) is 28.2. The summed E-state index contributed by atoms with van der Waals surface area (Å²) in [6.07, 6.45) is 0.964. The molecule has 12 nitrogen and oxygen atoms in total. The molecule has 0 saturated heterocycles. The lowest BCUT2D eigenvalue weighted by molar-refractivity contribution is -0.118. The number of hydrogen-bond acceptors (Lipinski definition) is 9. The standard InChI is InChI=1S/C15H21N3O3S2.C15H27N3O3S/c1-5-9-23(20,21)15(2,3)14(19)16-13-10-11(17-18(13)4)12-7-6-8-22-12;1-8-9-22(20,21)15(5,6)13(19)16-12-10-11(14(2,3)4)17-18(12)7/h6-8,10H,5,9H2,1-4H3,(H,16,19);10H,8-9H2,1-7H3,(H,16,19). The van der Waals surface area contributed by atoms with Crippen LogP contribution in [0.1, 0.15) is 80.8 Å². The quantitative estimate of drug-likeness (QED) is 0.287. The van der Waals surface area contributed by atoms with E-state index in [4.69, 9.17) is 0 Å². The average Bonchev–Trinajstić information content (AvgIpc) is 3.65. The fourth-order valence-corrected chi connectivity index (χ4v) is 7.39. The van der Waals surface area contributed by atoms with Gasteiger partial charge < -0.3 is 10.6 Å². The minimum atomic E-state index is -3.52. The largest absolute Gasteiger partial charge is 0.310 e. The summed E-state index contributed by atoms with van der Waals surface area (Å²) in [6, 6.07) is 7.38. The van der Waals surface area contributed by atoms with E-state index in [1.54, 1.807) is 56.1 Å². The third-order valence-corrected chi connectivity index (χ3v) is 13.6. The molecular weight excluding hydrogens is 637 g/mol. The van der Waals surface area contributed by atoms with Gasteiger partial charge >= 0.3 is 0 Å².